The van der Waals surface area contributed by atoms with E-state index in [9.17, 15) is 4.79 Å². The van der Waals surface area contributed by atoms with Gasteiger partial charge in [-0.15, -0.1) is 12.3 Å². The Balaban J connectivity index is 3.08. The molecule has 0 amide bonds. The van der Waals surface area contributed by atoms with Crippen molar-refractivity contribution < 1.29 is 18.4 Å². The van der Waals surface area contributed by atoms with Crippen molar-refractivity contribution in [3.05, 3.63) is 35.9 Å². The summed E-state index contributed by atoms with van der Waals surface area (Å²) in [5, 5.41) is 0.236. The Labute approximate surface area is 224 Å². The molecule has 1 aromatic carbocycles. The van der Waals surface area contributed by atoms with Gasteiger partial charge in [0.25, 0.3) is 0 Å². The summed E-state index contributed by atoms with van der Waals surface area (Å²) in [5.41, 5.74) is 1.02. The second kappa shape index (κ2) is 13.4. The predicted molar refractivity (Wildman–Crippen MR) is 157 cm³/mol. The zero-order valence-corrected chi connectivity index (χ0v) is 26.9. The average Bonchev–Trinajstić information content (AvgIpc) is 2.73. The predicted octanol–water partition coefficient (Wildman–Crippen LogP) is 8.66. The lowest BCUT2D eigenvalue weighted by Gasteiger charge is -2.41. The first-order valence-corrected chi connectivity index (χ1v) is 19.2. The quantitative estimate of drug-likeness (QED) is 0.145. The largest absolute Gasteiger partial charge is 0.458 e. The molecule has 0 saturated carbocycles. The maximum atomic E-state index is 11.9. The van der Waals surface area contributed by atoms with Crippen LogP contribution in [-0.2, 0) is 18.4 Å². The van der Waals surface area contributed by atoms with E-state index in [1.54, 1.807) is 0 Å². The van der Waals surface area contributed by atoms with Gasteiger partial charge in [0.05, 0.1) is 6.10 Å². The van der Waals surface area contributed by atoms with Crippen LogP contribution in [0.5, 0.6) is 0 Å². The van der Waals surface area contributed by atoms with Crippen LogP contribution < -0.4 is 0 Å². The van der Waals surface area contributed by atoms with Crippen LogP contribution in [0, 0.1) is 12.3 Å². The highest BCUT2D eigenvalue weighted by atomic mass is 28.4. The van der Waals surface area contributed by atoms with Gasteiger partial charge < -0.3 is 13.6 Å². The maximum absolute atomic E-state index is 11.9. The summed E-state index contributed by atoms with van der Waals surface area (Å²) < 4.78 is 19.4. The third-order valence-electron chi connectivity index (χ3n) is 7.92. The van der Waals surface area contributed by atoms with E-state index in [1.165, 1.54) is 6.92 Å². The number of hydrogen-bond acceptors (Lipinski definition) is 4. The molecule has 0 heterocycles. The number of rotatable bonds is 13. The number of ether oxygens (including phenoxy) is 1. The molecule has 0 fully saturated rings. The van der Waals surface area contributed by atoms with Gasteiger partial charge in [0.1, 0.15) is 6.10 Å². The van der Waals surface area contributed by atoms with E-state index in [4.69, 9.17) is 20.0 Å². The molecule has 3 unspecified atom stereocenters. The van der Waals surface area contributed by atoms with Gasteiger partial charge in [0.2, 0.25) is 0 Å². The highest BCUT2D eigenvalue weighted by molar-refractivity contribution is 6.74. The zero-order chi connectivity index (χ0) is 27.8. The fourth-order valence-electron chi connectivity index (χ4n) is 3.65. The van der Waals surface area contributed by atoms with Crippen LogP contribution in [0.15, 0.2) is 30.3 Å². The summed E-state index contributed by atoms with van der Waals surface area (Å²) in [6.45, 7) is 24.2. The summed E-state index contributed by atoms with van der Waals surface area (Å²) in [4.78, 5) is 11.9. The molecule has 0 aliphatic rings. The summed E-state index contributed by atoms with van der Waals surface area (Å²) in [5.74, 6) is 2.58. The highest BCUT2D eigenvalue weighted by Crippen LogP contribution is 2.40. The fraction of sp³-hybridized carbons (Fsp3) is 0.700. The van der Waals surface area contributed by atoms with Gasteiger partial charge >= 0.3 is 5.97 Å². The lowest BCUT2D eigenvalue weighted by molar-refractivity contribution is -0.147. The van der Waals surface area contributed by atoms with Crippen LogP contribution in [0.1, 0.15) is 92.2 Å². The van der Waals surface area contributed by atoms with Crippen LogP contribution in [0.4, 0.5) is 0 Å². The van der Waals surface area contributed by atoms with Crippen LogP contribution >= 0.6 is 0 Å². The lowest BCUT2D eigenvalue weighted by Crippen LogP contribution is -2.45. The SMILES string of the molecule is C#CCC(CCC(CCC(OC(C)=O)c1ccccc1)O[Si](C)(C)C(C)(C)C)O[Si](C)(C)C(C)(C)C. The van der Waals surface area contributed by atoms with Crippen molar-refractivity contribution in [2.45, 2.75) is 135 Å². The minimum absolute atomic E-state index is 0.0276. The van der Waals surface area contributed by atoms with Gasteiger partial charge in [0.15, 0.2) is 16.6 Å². The second-order valence-electron chi connectivity index (χ2n) is 13.1. The molecule has 4 nitrogen and oxygen atoms in total. The third kappa shape index (κ3) is 10.5. The van der Waals surface area contributed by atoms with Gasteiger partial charge in [-0.1, -0.05) is 71.9 Å². The van der Waals surface area contributed by atoms with Gasteiger partial charge in [-0.3, -0.25) is 4.79 Å². The summed E-state index contributed by atoms with van der Waals surface area (Å²) >= 11 is 0. The van der Waals surface area contributed by atoms with Crippen LogP contribution in [0.25, 0.3) is 0 Å². The van der Waals surface area contributed by atoms with Gasteiger partial charge in [-0.2, -0.15) is 0 Å². The Morgan fingerprint density at radius 1 is 0.833 bits per heavy atom. The van der Waals surface area contributed by atoms with Gasteiger partial charge in [-0.25, -0.2) is 0 Å². The molecular weight excluding hydrogens is 480 g/mol. The molecule has 0 spiro atoms. The first-order valence-electron chi connectivity index (χ1n) is 13.4. The van der Waals surface area contributed by atoms with E-state index < -0.39 is 16.6 Å². The van der Waals surface area contributed by atoms with Crippen molar-refractivity contribution in [2.24, 2.45) is 0 Å². The number of hydrogen-bond donors (Lipinski definition) is 0. The van der Waals surface area contributed by atoms with E-state index in [2.05, 4.69) is 73.7 Å². The van der Waals surface area contributed by atoms with Gasteiger partial charge in [-0.05, 0) is 67.5 Å². The van der Waals surface area contributed by atoms with E-state index in [1.807, 2.05) is 30.3 Å². The topological polar surface area (TPSA) is 44.8 Å². The number of carbonyl (C=O) groups excluding carboxylic acids is 1. The van der Waals surface area contributed by atoms with Crippen molar-refractivity contribution in [3.8, 4) is 12.3 Å². The molecule has 0 N–H and O–H groups in total. The number of carbonyl (C=O) groups is 1. The lowest BCUT2D eigenvalue weighted by atomic mass is 9.99. The van der Waals surface area contributed by atoms with Crippen molar-refractivity contribution in [1.82, 2.24) is 0 Å². The molecule has 0 aromatic heterocycles. The molecule has 6 heteroatoms. The van der Waals surface area contributed by atoms with Crippen molar-refractivity contribution in [1.29, 1.82) is 0 Å². The van der Waals surface area contributed by atoms with Crippen molar-refractivity contribution in [2.75, 3.05) is 0 Å². The minimum atomic E-state index is -2.00. The number of esters is 1. The molecule has 1 aromatic rings. The average molecular weight is 533 g/mol. The van der Waals surface area contributed by atoms with Crippen molar-refractivity contribution in [3.63, 3.8) is 0 Å². The molecule has 204 valence electrons. The van der Waals surface area contributed by atoms with E-state index in [-0.39, 0.29) is 34.4 Å². The molecule has 1 rings (SSSR count). The van der Waals surface area contributed by atoms with Crippen LogP contribution in [0.3, 0.4) is 0 Å². The fourth-order valence-corrected chi connectivity index (χ4v) is 6.46. The summed E-state index contributed by atoms with van der Waals surface area (Å²) in [7, 11) is -3.94. The molecule has 0 aliphatic carbocycles. The minimum Gasteiger partial charge on any atom is -0.458 e. The molecule has 36 heavy (non-hydrogen) atoms. The Hall–Kier alpha value is -1.40. The second-order valence-corrected chi connectivity index (χ2v) is 22.6. The molecule has 3 atom stereocenters. The summed E-state index contributed by atoms with van der Waals surface area (Å²) in [6, 6.07) is 9.99. The first kappa shape index (κ1) is 32.6. The molecule has 0 radical (unpaired) electrons. The van der Waals surface area contributed by atoms with E-state index in [0.29, 0.717) is 12.8 Å². The smallest absolute Gasteiger partial charge is 0.303 e. The van der Waals surface area contributed by atoms with E-state index in [0.717, 1.165) is 24.8 Å². The molecule has 0 aliphatic heterocycles. The first-order chi connectivity index (χ1) is 16.4. The Bertz CT molecular complexity index is 844. The normalized spacial score (nSPS) is 15.6. The van der Waals surface area contributed by atoms with Crippen LogP contribution in [-0.4, -0.2) is 34.8 Å². The van der Waals surface area contributed by atoms with Gasteiger partial charge in [0, 0.05) is 19.4 Å². The standard InChI is InChI=1S/C30H52O4Si2/c1-13-17-26(33-35(9,10)29(3,4)5)20-21-27(34-36(11,12)30(6,7)8)22-23-28(32-24(2)31)25-18-15-14-16-19-25/h1,14-16,18-19,26-28H,17,20-23H2,2-12H3. The number of terminal acetylenes is 1. The summed E-state index contributed by atoms with van der Waals surface area (Å²) in [6.07, 6.45) is 9.41. The Kier molecular flexibility index (Phi) is 12.2. The molecular formula is C30H52O4Si2. The highest BCUT2D eigenvalue weighted by Gasteiger charge is 2.41. The third-order valence-corrected chi connectivity index (χ3v) is 17.0. The Morgan fingerprint density at radius 2 is 1.28 bits per heavy atom. The molecule has 0 bridgehead atoms. The monoisotopic (exact) mass is 532 g/mol. The van der Waals surface area contributed by atoms with Crippen molar-refractivity contribution >= 4 is 22.6 Å². The number of benzene rings is 1. The van der Waals surface area contributed by atoms with Crippen LogP contribution in [0.2, 0.25) is 36.3 Å². The van der Waals surface area contributed by atoms with E-state index >= 15 is 0 Å². The zero-order valence-electron chi connectivity index (χ0n) is 24.9. The maximum Gasteiger partial charge on any atom is 0.303 e. The Morgan fingerprint density at radius 3 is 1.72 bits per heavy atom. The molecule has 0 saturated heterocycles.